The molecule has 5 nitrogen and oxygen atoms in total. The Hall–Kier alpha value is -2.22. The normalized spacial score (nSPS) is 19.9. The quantitative estimate of drug-likeness (QED) is 0.537. The molecule has 160 valence electrons. The van der Waals surface area contributed by atoms with Gasteiger partial charge in [0.15, 0.2) is 0 Å². The van der Waals surface area contributed by atoms with Gasteiger partial charge in [0.1, 0.15) is 11.5 Å². The van der Waals surface area contributed by atoms with Gasteiger partial charge < -0.3 is 10.5 Å². The molecule has 8 heteroatoms. The first-order chi connectivity index (χ1) is 14.4. The minimum Gasteiger partial charge on any atom is -0.461 e. The van der Waals surface area contributed by atoms with E-state index < -0.39 is 27.8 Å². The van der Waals surface area contributed by atoms with Crippen LogP contribution in [0.2, 0.25) is 5.02 Å². The third-order valence-electron chi connectivity index (χ3n) is 4.98. The van der Waals surface area contributed by atoms with Gasteiger partial charge in [0.05, 0.1) is 27.7 Å². The summed E-state index contributed by atoms with van der Waals surface area (Å²) >= 11 is 5.90. The van der Waals surface area contributed by atoms with Crippen molar-refractivity contribution in [3.8, 4) is 0 Å². The lowest BCUT2D eigenvalue weighted by atomic mass is 10.0. The van der Waals surface area contributed by atoms with Crippen LogP contribution in [-0.2, 0) is 26.9 Å². The third kappa shape index (κ3) is 5.28. The van der Waals surface area contributed by atoms with E-state index in [0.717, 1.165) is 5.56 Å². The predicted octanol–water partition coefficient (Wildman–Crippen LogP) is 3.64. The summed E-state index contributed by atoms with van der Waals surface area (Å²) in [6, 6.07) is 13.7. The Morgan fingerprint density at radius 3 is 2.70 bits per heavy atom. The van der Waals surface area contributed by atoms with Crippen LogP contribution in [0.1, 0.15) is 18.9 Å². The smallest absolute Gasteiger partial charge is 0.354 e. The molecule has 0 amide bonds. The van der Waals surface area contributed by atoms with Crippen molar-refractivity contribution in [2.45, 2.75) is 30.0 Å². The van der Waals surface area contributed by atoms with E-state index in [2.05, 4.69) is 4.90 Å². The Balaban J connectivity index is 1.87. The summed E-state index contributed by atoms with van der Waals surface area (Å²) in [7, 11) is -1.40. The summed E-state index contributed by atoms with van der Waals surface area (Å²) in [5, 5.41) is -0.387. The first kappa shape index (κ1) is 22.5. The molecular weight excluding hydrogens is 427 g/mol. The van der Waals surface area contributed by atoms with E-state index in [1.807, 2.05) is 18.2 Å². The monoisotopic (exact) mass is 450 g/mol. The highest BCUT2D eigenvalue weighted by Gasteiger charge is 2.33. The molecule has 0 aliphatic carbocycles. The summed E-state index contributed by atoms with van der Waals surface area (Å²) in [6.07, 6.45) is 0.489. The summed E-state index contributed by atoms with van der Waals surface area (Å²) in [4.78, 5) is 15.0. The molecule has 1 saturated heterocycles. The number of nitrogens with two attached hydrogens (primary N) is 1. The van der Waals surface area contributed by atoms with Gasteiger partial charge >= 0.3 is 5.97 Å². The summed E-state index contributed by atoms with van der Waals surface area (Å²) < 4.78 is 31.9. The number of esters is 1. The SMILES string of the molecule is CCOC(=O)/C(N)=C1\CCN(Cc2ccc(F)c(Cl)c2)CC1S(=O)c1ccccc1. The van der Waals surface area contributed by atoms with Crippen molar-refractivity contribution in [3.05, 3.63) is 76.2 Å². The lowest BCUT2D eigenvalue weighted by Gasteiger charge is -2.35. The van der Waals surface area contributed by atoms with Crippen LogP contribution in [0.25, 0.3) is 0 Å². The van der Waals surface area contributed by atoms with Gasteiger partial charge in [-0.2, -0.15) is 0 Å². The van der Waals surface area contributed by atoms with Gasteiger partial charge in [-0.3, -0.25) is 9.11 Å². The Bertz CT molecular complexity index is 968. The number of nitrogens with zero attached hydrogens (tertiary/aromatic N) is 1. The molecule has 2 aromatic carbocycles. The topological polar surface area (TPSA) is 72.6 Å². The number of hydrogen-bond acceptors (Lipinski definition) is 5. The first-order valence-corrected chi connectivity index (χ1v) is 11.3. The second kappa shape index (κ2) is 10.2. The summed E-state index contributed by atoms with van der Waals surface area (Å²) in [5.74, 6) is -1.05. The van der Waals surface area contributed by atoms with Gasteiger partial charge in [-0.1, -0.05) is 35.9 Å². The fourth-order valence-corrected chi connectivity index (χ4v) is 5.29. The maximum absolute atomic E-state index is 13.5. The Labute approximate surface area is 183 Å². The van der Waals surface area contributed by atoms with Gasteiger partial charge in [-0.25, -0.2) is 9.18 Å². The van der Waals surface area contributed by atoms with Crippen LogP contribution in [0.5, 0.6) is 0 Å². The molecule has 2 unspecified atom stereocenters. The number of carbonyl (C=O) groups is 1. The minimum absolute atomic E-state index is 0.0376. The summed E-state index contributed by atoms with van der Waals surface area (Å²) in [5.41, 5.74) is 7.66. The molecule has 2 atom stereocenters. The van der Waals surface area contributed by atoms with Crippen molar-refractivity contribution < 1.29 is 18.1 Å². The average Bonchev–Trinajstić information content (AvgIpc) is 2.76. The molecule has 2 aromatic rings. The third-order valence-corrected chi connectivity index (χ3v) is 6.95. The maximum Gasteiger partial charge on any atom is 0.354 e. The van der Waals surface area contributed by atoms with E-state index in [9.17, 15) is 13.4 Å². The number of benzene rings is 2. The van der Waals surface area contributed by atoms with Crippen LogP contribution in [0.15, 0.2) is 64.7 Å². The standard InChI is InChI=1S/C22H24ClFN2O3S/c1-2-29-22(27)21(25)17-10-11-26(13-15-8-9-19(24)18(23)12-15)14-20(17)30(28)16-6-4-3-5-7-16/h3-9,12,20H,2,10-11,13-14,25H2,1H3/b21-17-. The molecule has 0 spiro atoms. The van der Waals surface area contributed by atoms with E-state index in [1.165, 1.54) is 6.07 Å². The van der Waals surface area contributed by atoms with Crippen LogP contribution >= 0.6 is 11.6 Å². The highest BCUT2D eigenvalue weighted by molar-refractivity contribution is 7.86. The van der Waals surface area contributed by atoms with Gasteiger partial charge in [0, 0.05) is 24.5 Å². The number of piperidine rings is 1. The predicted molar refractivity (Wildman–Crippen MR) is 116 cm³/mol. The number of rotatable bonds is 6. The zero-order chi connectivity index (χ0) is 21.7. The fraction of sp³-hybridized carbons (Fsp3) is 0.318. The lowest BCUT2D eigenvalue weighted by molar-refractivity contribution is -0.138. The first-order valence-electron chi connectivity index (χ1n) is 9.68. The molecule has 1 aliphatic rings. The van der Waals surface area contributed by atoms with Crippen molar-refractivity contribution in [3.63, 3.8) is 0 Å². The molecule has 30 heavy (non-hydrogen) atoms. The van der Waals surface area contributed by atoms with E-state index in [0.29, 0.717) is 36.5 Å². The van der Waals surface area contributed by atoms with Crippen LogP contribution in [0.4, 0.5) is 4.39 Å². The Morgan fingerprint density at radius 1 is 1.30 bits per heavy atom. The molecular formula is C22H24ClFN2O3S. The molecule has 1 heterocycles. The maximum atomic E-state index is 13.5. The van der Waals surface area contributed by atoms with E-state index in [-0.39, 0.29) is 17.3 Å². The molecule has 0 radical (unpaired) electrons. The van der Waals surface area contributed by atoms with E-state index >= 15 is 0 Å². The highest BCUT2D eigenvalue weighted by atomic mass is 35.5. The number of halogens is 2. The van der Waals surface area contributed by atoms with E-state index in [4.69, 9.17) is 22.1 Å². The zero-order valence-corrected chi connectivity index (χ0v) is 18.2. The summed E-state index contributed by atoms with van der Waals surface area (Å²) in [6.45, 7) is 3.51. The van der Waals surface area contributed by atoms with Crippen molar-refractivity contribution in [1.29, 1.82) is 0 Å². The number of ether oxygens (including phenoxy) is 1. The average molecular weight is 451 g/mol. The Kier molecular flexibility index (Phi) is 7.64. The largest absolute Gasteiger partial charge is 0.461 e. The zero-order valence-electron chi connectivity index (χ0n) is 16.6. The number of likely N-dealkylation sites (tertiary alicyclic amines) is 1. The molecule has 0 aromatic heterocycles. The molecule has 2 N–H and O–H groups in total. The highest BCUT2D eigenvalue weighted by Crippen LogP contribution is 2.28. The molecule has 0 saturated carbocycles. The van der Waals surface area contributed by atoms with E-state index in [1.54, 1.807) is 31.2 Å². The Morgan fingerprint density at radius 2 is 2.03 bits per heavy atom. The fourth-order valence-electron chi connectivity index (χ4n) is 3.48. The van der Waals surface area contributed by atoms with Crippen molar-refractivity contribution in [2.24, 2.45) is 5.73 Å². The van der Waals surface area contributed by atoms with Crippen LogP contribution in [-0.4, -0.2) is 40.0 Å². The van der Waals surface area contributed by atoms with Gasteiger partial charge in [0.25, 0.3) is 0 Å². The van der Waals surface area contributed by atoms with Crippen LogP contribution < -0.4 is 5.73 Å². The van der Waals surface area contributed by atoms with Crippen LogP contribution in [0, 0.1) is 5.82 Å². The van der Waals surface area contributed by atoms with Gasteiger partial charge in [0.2, 0.25) is 0 Å². The molecule has 0 bridgehead atoms. The lowest BCUT2D eigenvalue weighted by Crippen LogP contribution is -2.43. The molecule has 1 fully saturated rings. The van der Waals surface area contributed by atoms with Crippen molar-refractivity contribution in [2.75, 3.05) is 19.7 Å². The number of carbonyl (C=O) groups excluding carboxylic acids is 1. The number of hydrogen-bond donors (Lipinski definition) is 1. The van der Waals surface area contributed by atoms with Gasteiger partial charge in [-0.05, 0) is 48.7 Å². The van der Waals surface area contributed by atoms with Crippen molar-refractivity contribution >= 4 is 28.4 Å². The molecule has 3 rings (SSSR count). The van der Waals surface area contributed by atoms with Crippen LogP contribution in [0.3, 0.4) is 0 Å². The van der Waals surface area contributed by atoms with Crippen molar-refractivity contribution in [1.82, 2.24) is 4.90 Å². The second-order valence-electron chi connectivity index (χ2n) is 6.99. The minimum atomic E-state index is -1.40. The van der Waals surface area contributed by atoms with Gasteiger partial charge in [-0.15, -0.1) is 0 Å². The second-order valence-corrected chi connectivity index (χ2v) is 9.03. The molecule has 1 aliphatic heterocycles.